The van der Waals surface area contributed by atoms with Crippen LogP contribution in [0.4, 0.5) is 10.5 Å². The Morgan fingerprint density at radius 3 is 2.79 bits per heavy atom. The maximum Gasteiger partial charge on any atom is 0.360 e. The zero-order valence-corrected chi connectivity index (χ0v) is 16.8. The minimum absolute atomic E-state index is 0.0710. The van der Waals surface area contributed by atoms with E-state index in [9.17, 15) is 9.59 Å². The first-order chi connectivity index (χ1) is 13.5. The lowest BCUT2D eigenvalue weighted by Crippen LogP contribution is -2.36. The maximum absolute atomic E-state index is 12.9. The standard InChI is InChI=1S/C20H27N3O5/c1-5-27-11-7-10-23(12-18-21-17(13-28-18)19(24)26-4)20(25)22-16-9-6-8-14(2)15(16)3/h6,8-9,13H,5,7,10-12H2,1-4H3,(H,22,25). The van der Waals surface area contributed by atoms with Gasteiger partial charge in [0.15, 0.2) is 5.69 Å². The molecule has 0 saturated carbocycles. The fraction of sp³-hybridized carbons (Fsp3) is 0.450. The molecule has 2 aromatic rings. The van der Waals surface area contributed by atoms with Crippen LogP contribution in [0.25, 0.3) is 0 Å². The number of urea groups is 1. The van der Waals surface area contributed by atoms with E-state index in [1.165, 1.54) is 13.4 Å². The minimum atomic E-state index is -0.585. The van der Waals surface area contributed by atoms with Crippen LogP contribution in [0.3, 0.4) is 0 Å². The summed E-state index contributed by atoms with van der Waals surface area (Å²) in [6.45, 7) is 7.62. The molecule has 0 aliphatic carbocycles. The van der Waals surface area contributed by atoms with Gasteiger partial charge in [0, 0.05) is 25.4 Å². The van der Waals surface area contributed by atoms with E-state index in [4.69, 9.17) is 9.15 Å². The number of hydrogen-bond acceptors (Lipinski definition) is 6. The van der Waals surface area contributed by atoms with Crippen molar-refractivity contribution in [2.24, 2.45) is 0 Å². The topological polar surface area (TPSA) is 93.9 Å². The molecule has 0 spiro atoms. The molecule has 2 rings (SSSR count). The Balaban J connectivity index is 2.11. The summed E-state index contributed by atoms with van der Waals surface area (Å²) < 4.78 is 15.3. The second kappa shape index (κ2) is 10.5. The van der Waals surface area contributed by atoms with Gasteiger partial charge in [-0.25, -0.2) is 14.6 Å². The third-order valence-electron chi connectivity index (χ3n) is 4.33. The first kappa shape index (κ1) is 21.4. The van der Waals surface area contributed by atoms with Crippen molar-refractivity contribution in [2.45, 2.75) is 33.7 Å². The van der Waals surface area contributed by atoms with Gasteiger partial charge in [0.2, 0.25) is 5.89 Å². The van der Waals surface area contributed by atoms with Gasteiger partial charge in [0.1, 0.15) is 6.26 Å². The van der Waals surface area contributed by atoms with Gasteiger partial charge in [-0.1, -0.05) is 12.1 Å². The molecule has 0 radical (unpaired) electrons. The molecule has 1 aromatic carbocycles. The molecular weight excluding hydrogens is 362 g/mol. The highest BCUT2D eigenvalue weighted by molar-refractivity contribution is 5.90. The Morgan fingerprint density at radius 1 is 1.29 bits per heavy atom. The molecule has 28 heavy (non-hydrogen) atoms. The normalized spacial score (nSPS) is 10.6. The monoisotopic (exact) mass is 389 g/mol. The molecule has 0 fully saturated rings. The van der Waals surface area contributed by atoms with E-state index >= 15 is 0 Å². The smallest absolute Gasteiger partial charge is 0.360 e. The van der Waals surface area contributed by atoms with Crippen molar-refractivity contribution in [1.29, 1.82) is 0 Å². The molecule has 2 amide bonds. The van der Waals surface area contributed by atoms with Crippen LogP contribution in [0.15, 0.2) is 28.9 Å². The van der Waals surface area contributed by atoms with Gasteiger partial charge >= 0.3 is 12.0 Å². The van der Waals surface area contributed by atoms with E-state index in [1.807, 2.05) is 39.0 Å². The lowest BCUT2D eigenvalue weighted by atomic mass is 10.1. The predicted octanol–water partition coefficient (Wildman–Crippen LogP) is 3.54. The number of nitrogens with one attached hydrogen (secondary N) is 1. The number of oxazole rings is 1. The fourth-order valence-corrected chi connectivity index (χ4v) is 2.58. The van der Waals surface area contributed by atoms with Gasteiger partial charge < -0.3 is 24.1 Å². The molecule has 0 saturated heterocycles. The number of nitrogens with zero attached hydrogens (tertiary/aromatic N) is 2. The van der Waals surface area contributed by atoms with Gasteiger partial charge in [0.05, 0.1) is 13.7 Å². The molecule has 0 aliphatic heterocycles. The molecule has 8 heteroatoms. The fourth-order valence-electron chi connectivity index (χ4n) is 2.58. The number of carbonyl (C=O) groups is 2. The minimum Gasteiger partial charge on any atom is -0.464 e. The quantitative estimate of drug-likeness (QED) is 0.521. The van der Waals surface area contributed by atoms with E-state index < -0.39 is 5.97 Å². The van der Waals surface area contributed by atoms with Crippen LogP contribution in [0.2, 0.25) is 0 Å². The summed E-state index contributed by atoms with van der Waals surface area (Å²) in [7, 11) is 1.27. The number of methoxy groups -OCH3 is 1. The third kappa shape index (κ3) is 5.82. The van der Waals surface area contributed by atoms with E-state index in [0.717, 1.165) is 16.8 Å². The Bertz CT molecular complexity index is 803. The Labute approximate surface area is 164 Å². The molecule has 1 N–H and O–H groups in total. The van der Waals surface area contributed by atoms with Crippen LogP contribution < -0.4 is 5.32 Å². The number of esters is 1. The molecule has 0 aliphatic rings. The summed E-state index contributed by atoms with van der Waals surface area (Å²) >= 11 is 0. The second-order valence-electron chi connectivity index (χ2n) is 6.27. The van der Waals surface area contributed by atoms with Crippen molar-refractivity contribution in [3.8, 4) is 0 Å². The first-order valence-electron chi connectivity index (χ1n) is 9.18. The zero-order valence-electron chi connectivity index (χ0n) is 16.8. The number of hydrogen-bond donors (Lipinski definition) is 1. The van der Waals surface area contributed by atoms with E-state index in [0.29, 0.717) is 26.2 Å². The van der Waals surface area contributed by atoms with E-state index in [2.05, 4.69) is 15.0 Å². The number of aryl methyl sites for hydroxylation is 1. The van der Waals surface area contributed by atoms with Crippen LogP contribution in [0.1, 0.15) is 40.9 Å². The van der Waals surface area contributed by atoms with E-state index in [-0.39, 0.29) is 24.2 Å². The number of ether oxygens (including phenoxy) is 2. The highest BCUT2D eigenvalue weighted by Crippen LogP contribution is 2.19. The van der Waals surface area contributed by atoms with Crippen LogP contribution in [0, 0.1) is 13.8 Å². The second-order valence-corrected chi connectivity index (χ2v) is 6.27. The average molecular weight is 389 g/mol. The van der Waals surface area contributed by atoms with Gasteiger partial charge in [-0.2, -0.15) is 0 Å². The van der Waals surface area contributed by atoms with Crippen molar-refractivity contribution in [2.75, 3.05) is 32.2 Å². The molecule has 8 nitrogen and oxygen atoms in total. The van der Waals surface area contributed by atoms with Crippen molar-refractivity contribution in [3.05, 3.63) is 47.2 Å². The lowest BCUT2D eigenvalue weighted by molar-refractivity contribution is 0.0594. The van der Waals surface area contributed by atoms with Gasteiger partial charge in [-0.15, -0.1) is 0 Å². The Morgan fingerprint density at radius 2 is 2.07 bits per heavy atom. The van der Waals surface area contributed by atoms with Gasteiger partial charge in [0.25, 0.3) is 0 Å². The van der Waals surface area contributed by atoms with E-state index in [1.54, 1.807) is 4.90 Å². The summed E-state index contributed by atoms with van der Waals surface area (Å²) in [5.74, 6) is -0.328. The molecule has 152 valence electrons. The Hall–Kier alpha value is -2.87. The van der Waals surface area contributed by atoms with Crippen molar-refractivity contribution >= 4 is 17.7 Å². The predicted molar refractivity (Wildman–Crippen MR) is 104 cm³/mol. The largest absolute Gasteiger partial charge is 0.464 e. The Kier molecular flexibility index (Phi) is 8.01. The molecule has 1 heterocycles. The highest BCUT2D eigenvalue weighted by Gasteiger charge is 2.19. The molecular formula is C20H27N3O5. The van der Waals surface area contributed by atoms with Crippen LogP contribution in [-0.4, -0.2) is 48.8 Å². The number of aromatic nitrogens is 1. The summed E-state index contributed by atoms with van der Waals surface area (Å²) in [4.78, 5) is 30.1. The van der Waals surface area contributed by atoms with Crippen LogP contribution in [0.5, 0.6) is 0 Å². The average Bonchev–Trinajstić information content (AvgIpc) is 3.15. The summed E-state index contributed by atoms with van der Waals surface area (Å²) in [5.41, 5.74) is 2.93. The number of amides is 2. The SMILES string of the molecule is CCOCCCN(Cc1nc(C(=O)OC)co1)C(=O)Nc1cccc(C)c1C. The molecule has 1 aromatic heterocycles. The van der Waals surface area contributed by atoms with Crippen molar-refractivity contribution in [1.82, 2.24) is 9.88 Å². The van der Waals surface area contributed by atoms with Crippen LogP contribution >= 0.6 is 0 Å². The highest BCUT2D eigenvalue weighted by atomic mass is 16.5. The molecule has 0 unspecified atom stereocenters. The summed E-state index contributed by atoms with van der Waals surface area (Å²) in [6, 6.07) is 5.47. The molecule has 0 atom stereocenters. The first-order valence-corrected chi connectivity index (χ1v) is 9.18. The molecule has 0 bridgehead atoms. The number of benzene rings is 1. The number of carbonyl (C=O) groups excluding carboxylic acids is 2. The van der Waals surface area contributed by atoms with Gasteiger partial charge in [-0.3, -0.25) is 0 Å². The van der Waals surface area contributed by atoms with Crippen molar-refractivity contribution < 1.29 is 23.5 Å². The third-order valence-corrected chi connectivity index (χ3v) is 4.33. The number of anilines is 1. The maximum atomic E-state index is 12.9. The van der Waals surface area contributed by atoms with Crippen molar-refractivity contribution in [3.63, 3.8) is 0 Å². The summed E-state index contributed by atoms with van der Waals surface area (Å²) in [6.07, 6.45) is 1.89. The lowest BCUT2D eigenvalue weighted by Gasteiger charge is -2.22. The zero-order chi connectivity index (χ0) is 20.5. The van der Waals surface area contributed by atoms with Crippen LogP contribution in [-0.2, 0) is 16.0 Å². The number of rotatable bonds is 9. The summed E-state index contributed by atoms with van der Waals surface area (Å²) in [5, 5.41) is 2.94. The van der Waals surface area contributed by atoms with Gasteiger partial charge in [-0.05, 0) is 44.4 Å².